The summed E-state index contributed by atoms with van der Waals surface area (Å²) in [5.74, 6) is 0.944. The van der Waals surface area contributed by atoms with Crippen LogP contribution < -0.4 is 10.1 Å². The van der Waals surface area contributed by atoms with Crippen molar-refractivity contribution in [3.05, 3.63) is 71.9 Å². The molecule has 0 aliphatic rings. The molecule has 0 fully saturated rings. The Balaban J connectivity index is 1.38. The normalized spacial score (nSPS) is 10.8. The Morgan fingerprint density at radius 3 is 2.64 bits per heavy atom. The first-order chi connectivity index (χ1) is 13.6. The van der Waals surface area contributed by atoms with Gasteiger partial charge in [0.25, 0.3) is 5.91 Å². The van der Waals surface area contributed by atoms with E-state index >= 15 is 0 Å². The van der Waals surface area contributed by atoms with E-state index in [0.29, 0.717) is 28.6 Å². The van der Waals surface area contributed by atoms with E-state index in [1.54, 1.807) is 24.4 Å². The molecule has 4 aromatic rings. The molecular weight excluding hydrogens is 354 g/mol. The van der Waals surface area contributed by atoms with Gasteiger partial charge >= 0.3 is 0 Å². The molecule has 28 heavy (non-hydrogen) atoms. The van der Waals surface area contributed by atoms with Gasteiger partial charge in [0.15, 0.2) is 17.8 Å². The second kappa shape index (κ2) is 7.52. The number of anilines is 1. The fraction of sp³-hybridized carbons (Fsp3) is 0.136. The first kappa shape index (κ1) is 17.7. The summed E-state index contributed by atoms with van der Waals surface area (Å²) in [5.41, 5.74) is 5.00. The third kappa shape index (κ3) is 3.86. The van der Waals surface area contributed by atoms with Crippen LogP contribution >= 0.6 is 0 Å². The van der Waals surface area contributed by atoms with Gasteiger partial charge in [-0.1, -0.05) is 6.07 Å². The molecule has 2 aromatic heterocycles. The van der Waals surface area contributed by atoms with Crippen LogP contribution in [0, 0.1) is 13.8 Å². The van der Waals surface area contributed by atoms with Gasteiger partial charge in [-0.2, -0.15) is 4.98 Å². The number of hydrogen-bond donors (Lipinski definition) is 1. The van der Waals surface area contributed by atoms with E-state index in [1.165, 1.54) is 5.56 Å². The summed E-state index contributed by atoms with van der Waals surface area (Å²) in [7, 11) is 0. The van der Waals surface area contributed by atoms with E-state index in [9.17, 15) is 4.79 Å². The third-order valence-electron chi connectivity index (χ3n) is 4.43. The van der Waals surface area contributed by atoms with Gasteiger partial charge in [0, 0.05) is 17.4 Å². The molecule has 0 aliphatic carbocycles. The molecule has 1 amide bonds. The molecule has 0 bridgehead atoms. The smallest absolute Gasteiger partial charge is 0.262 e. The van der Waals surface area contributed by atoms with Gasteiger partial charge in [-0.05, 0) is 73.5 Å². The number of hydrogen-bond acceptors (Lipinski definition) is 5. The molecule has 6 heteroatoms. The number of nitrogens with one attached hydrogen (secondary N) is 1. The Morgan fingerprint density at radius 2 is 1.89 bits per heavy atom. The quantitative estimate of drug-likeness (QED) is 0.556. The van der Waals surface area contributed by atoms with Crippen molar-refractivity contribution >= 4 is 22.8 Å². The van der Waals surface area contributed by atoms with Gasteiger partial charge in [0.2, 0.25) is 5.89 Å². The van der Waals surface area contributed by atoms with Crippen LogP contribution in [0.1, 0.15) is 11.1 Å². The summed E-state index contributed by atoms with van der Waals surface area (Å²) >= 11 is 0. The van der Waals surface area contributed by atoms with Crippen LogP contribution in [-0.2, 0) is 4.79 Å². The molecule has 0 saturated carbocycles. The summed E-state index contributed by atoms with van der Waals surface area (Å²) in [6.45, 7) is 3.99. The van der Waals surface area contributed by atoms with Crippen molar-refractivity contribution in [3.8, 4) is 17.2 Å². The third-order valence-corrected chi connectivity index (χ3v) is 4.43. The summed E-state index contributed by atoms with van der Waals surface area (Å²) in [6.07, 6.45) is 1.67. The van der Waals surface area contributed by atoms with E-state index in [4.69, 9.17) is 9.15 Å². The number of aryl methyl sites for hydroxylation is 2. The van der Waals surface area contributed by atoms with E-state index in [1.807, 2.05) is 50.2 Å². The Labute approximate surface area is 162 Å². The monoisotopic (exact) mass is 373 g/mol. The average Bonchev–Trinajstić information content (AvgIpc) is 3.14. The predicted molar refractivity (Wildman–Crippen MR) is 107 cm³/mol. The topological polar surface area (TPSA) is 77.2 Å². The average molecular weight is 373 g/mol. The molecule has 6 nitrogen and oxygen atoms in total. The Bertz CT molecular complexity index is 1100. The molecule has 0 unspecified atom stereocenters. The molecule has 140 valence electrons. The zero-order valence-electron chi connectivity index (χ0n) is 15.6. The number of oxazole rings is 1. The van der Waals surface area contributed by atoms with Crippen LogP contribution in [0.15, 0.2) is 65.2 Å². The number of fused-ring (bicyclic) bond motifs is 1. The maximum Gasteiger partial charge on any atom is 0.262 e. The number of amides is 1. The molecule has 0 atom stereocenters. The summed E-state index contributed by atoms with van der Waals surface area (Å²) in [6, 6.07) is 16.7. The number of ether oxygens (including phenoxy) is 1. The van der Waals surface area contributed by atoms with Crippen molar-refractivity contribution in [2.75, 3.05) is 11.9 Å². The molecule has 2 aromatic carbocycles. The number of carbonyl (C=O) groups is 1. The largest absolute Gasteiger partial charge is 0.484 e. The lowest BCUT2D eigenvalue weighted by molar-refractivity contribution is -0.118. The first-order valence-electron chi connectivity index (χ1n) is 8.90. The lowest BCUT2D eigenvalue weighted by Crippen LogP contribution is -2.20. The number of pyridine rings is 1. The number of nitrogens with zero attached hydrogens (tertiary/aromatic N) is 2. The minimum absolute atomic E-state index is 0.0545. The predicted octanol–water partition coefficient (Wildman–Crippen LogP) is 4.52. The first-order valence-corrected chi connectivity index (χ1v) is 8.90. The molecule has 0 aliphatic heterocycles. The van der Waals surface area contributed by atoms with Crippen LogP contribution in [0.4, 0.5) is 5.69 Å². The second-order valence-corrected chi connectivity index (χ2v) is 6.50. The molecule has 0 saturated heterocycles. The Morgan fingerprint density at radius 1 is 1.07 bits per heavy atom. The molecule has 1 N–H and O–H groups in total. The van der Waals surface area contributed by atoms with Crippen molar-refractivity contribution in [1.29, 1.82) is 0 Å². The van der Waals surface area contributed by atoms with Crippen molar-refractivity contribution < 1.29 is 13.9 Å². The van der Waals surface area contributed by atoms with E-state index in [0.717, 1.165) is 11.1 Å². The highest BCUT2D eigenvalue weighted by Crippen LogP contribution is 2.24. The van der Waals surface area contributed by atoms with Crippen molar-refractivity contribution in [2.24, 2.45) is 0 Å². The Kier molecular flexibility index (Phi) is 4.76. The maximum absolute atomic E-state index is 12.1. The van der Waals surface area contributed by atoms with Crippen molar-refractivity contribution in [2.45, 2.75) is 13.8 Å². The Hall–Kier alpha value is -3.67. The summed E-state index contributed by atoms with van der Waals surface area (Å²) < 4.78 is 11.3. The minimum Gasteiger partial charge on any atom is -0.484 e. The lowest BCUT2D eigenvalue weighted by atomic mass is 10.1. The number of benzene rings is 2. The SMILES string of the molecule is Cc1ccc(OCC(=O)Nc2ccc(-c3nc4ncccc4o3)cc2)cc1C. The van der Waals surface area contributed by atoms with Crippen LogP contribution in [0.3, 0.4) is 0 Å². The van der Waals surface area contributed by atoms with Gasteiger partial charge in [-0.3, -0.25) is 4.79 Å². The van der Waals surface area contributed by atoms with Gasteiger partial charge in [0.05, 0.1) is 0 Å². The zero-order chi connectivity index (χ0) is 19.5. The van der Waals surface area contributed by atoms with Gasteiger partial charge in [-0.15, -0.1) is 0 Å². The molecule has 4 rings (SSSR count). The fourth-order valence-corrected chi connectivity index (χ4v) is 2.74. The second-order valence-electron chi connectivity index (χ2n) is 6.50. The number of rotatable bonds is 5. The van der Waals surface area contributed by atoms with Crippen LogP contribution in [0.2, 0.25) is 0 Å². The minimum atomic E-state index is -0.225. The van der Waals surface area contributed by atoms with Crippen molar-refractivity contribution in [1.82, 2.24) is 9.97 Å². The fourth-order valence-electron chi connectivity index (χ4n) is 2.74. The molecule has 0 spiro atoms. The van der Waals surface area contributed by atoms with Gasteiger partial charge in [-0.25, -0.2) is 4.98 Å². The van der Waals surface area contributed by atoms with E-state index in [-0.39, 0.29) is 12.5 Å². The number of carbonyl (C=O) groups excluding carboxylic acids is 1. The van der Waals surface area contributed by atoms with Crippen LogP contribution in [-0.4, -0.2) is 22.5 Å². The highest BCUT2D eigenvalue weighted by molar-refractivity contribution is 5.92. The highest BCUT2D eigenvalue weighted by atomic mass is 16.5. The lowest BCUT2D eigenvalue weighted by Gasteiger charge is -2.09. The van der Waals surface area contributed by atoms with Crippen molar-refractivity contribution in [3.63, 3.8) is 0 Å². The molecule has 2 heterocycles. The van der Waals surface area contributed by atoms with E-state index < -0.39 is 0 Å². The summed E-state index contributed by atoms with van der Waals surface area (Å²) in [5, 5.41) is 2.82. The number of aromatic nitrogens is 2. The van der Waals surface area contributed by atoms with Crippen LogP contribution in [0.5, 0.6) is 5.75 Å². The van der Waals surface area contributed by atoms with Gasteiger partial charge < -0.3 is 14.5 Å². The molecule has 0 radical (unpaired) electrons. The zero-order valence-corrected chi connectivity index (χ0v) is 15.6. The molecular formula is C22H19N3O3. The highest BCUT2D eigenvalue weighted by Gasteiger charge is 2.09. The van der Waals surface area contributed by atoms with E-state index in [2.05, 4.69) is 15.3 Å². The van der Waals surface area contributed by atoms with Gasteiger partial charge in [0.1, 0.15) is 5.75 Å². The van der Waals surface area contributed by atoms with Crippen LogP contribution in [0.25, 0.3) is 22.7 Å². The maximum atomic E-state index is 12.1. The summed E-state index contributed by atoms with van der Waals surface area (Å²) in [4.78, 5) is 20.7. The standard InChI is InChI=1S/C22H19N3O3/c1-14-5-10-18(12-15(14)2)27-13-20(26)24-17-8-6-16(7-9-17)22-25-21-19(28-22)4-3-11-23-21/h3-12H,13H2,1-2H3,(H,24,26).